The van der Waals surface area contributed by atoms with Crippen molar-refractivity contribution < 1.29 is 4.52 Å². The fourth-order valence-electron chi connectivity index (χ4n) is 3.30. The topological polar surface area (TPSA) is 74.6 Å². The molecule has 0 spiro atoms. The Morgan fingerprint density at radius 1 is 1.20 bits per heavy atom. The number of nitrogens with zero attached hydrogens (tertiary/aromatic N) is 6. The van der Waals surface area contributed by atoms with Crippen LogP contribution in [0.5, 0.6) is 0 Å². The van der Waals surface area contributed by atoms with E-state index in [1.807, 2.05) is 43.1 Å². The number of imidazole rings is 1. The Bertz CT molecular complexity index is 1090. The summed E-state index contributed by atoms with van der Waals surface area (Å²) in [5.41, 5.74) is 5.11. The standard InChI is InChI=1S/C18H16N6O/c1-11-7-13(25-22-11)8-17-20-18-14-5-3-4-6-15(14)23-10-19-12(2)16(23)9-24(18)21-17/h3-7,10H,8-9H2,1-2H3. The zero-order valence-corrected chi connectivity index (χ0v) is 14.0. The van der Waals surface area contributed by atoms with Crippen molar-refractivity contribution in [2.24, 2.45) is 0 Å². The third-order valence-electron chi connectivity index (χ3n) is 4.50. The van der Waals surface area contributed by atoms with Crippen LogP contribution in [-0.2, 0) is 13.0 Å². The lowest BCUT2D eigenvalue weighted by atomic mass is 10.1. The Morgan fingerprint density at radius 2 is 2.08 bits per heavy atom. The summed E-state index contributed by atoms with van der Waals surface area (Å²) in [5.74, 6) is 2.37. The molecule has 25 heavy (non-hydrogen) atoms. The van der Waals surface area contributed by atoms with Crippen LogP contribution in [0.1, 0.15) is 28.7 Å². The first-order valence-electron chi connectivity index (χ1n) is 8.17. The van der Waals surface area contributed by atoms with Gasteiger partial charge in [0.25, 0.3) is 0 Å². The molecule has 1 aromatic carbocycles. The van der Waals surface area contributed by atoms with E-state index in [0.29, 0.717) is 13.0 Å². The van der Waals surface area contributed by atoms with E-state index in [9.17, 15) is 0 Å². The Labute approximate surface area is 143 Å². The smallest absolute Gasteiger partial charge is 0.160 e. The predicted octanol–water partition coefficient (Wildman–Crippen LogP) is 2.69. The third-order valence-corrected chi connectivity index (χ3v) is 4.50. The van der Waals surface area contributed by atoms with Crippen LogP contribution in [0, 0.1) is 13.8 Å². The van der Waals surface area contributed by atoms with Crippen LogP contribution in [0.15, 0.2) is 41.2 Å². The van der Waals surface area contributed by atoms with Gasteiger partial charge in [0.1, 0.15) is 5.76 Å². The molecule has 0 saturated carbocycles. The number of hydrogen-bond acceptors (Lipinski definition) is 5. The first kappa shape index (κ1) is 14.2. The first-order valence-corrected chi connectivity index (χ1v) is 8.17. The largest absolute Gasteiger partial charge is 0.361 e. The van der Waals surface area contributed by atoms with Crippen molar-refractivity contribution >= 4 is 0 Å². The summed E-state index contributed by atoms with van der Waals surface area (Å²) in [4.78, 5) is 9.25. The number of para-hydroxylation sites is 1. The average Bonchev–Trinajstić information content (AvgIpc) is 3.27. The maximum absolute atomic E-state index is 5.30. The quantitative estimate of drug-likeness (QED) is 0.497. The van der Waals surface area contributed by atoms with Crippen LogP contribution in [0.2, 0.25) is 0 Å². The van der Waals surface area contributed by atoms with Crippen LogP contribution in [0.3, 0.4) is 0 Å². The van der Waals surface area contributed by atoms with E-state index < -0.39 is 0 Å². The number of fused-ring (bicyclic) bond motifs is 5. The molecule has 3 aromatic heterocycles. The lowest BCUT2D eigenvalue weighted by molar-refractivity contribution is 0.384. The lowest BCUT2D eigenvalue weighted by Crippen LogP contribution is -2.06. The molecule has 1 aliphatic heterocycles. The summed E-state index contributed by atoms with van der Waals surface area (Å²) in [7, 11) is 0. The molecular weight excluding hydrogens is 316 g/mol. The minimum Gasteiger partial charge on any atom is -0.361 e. The van der Waals surface area contributed by atoms with Crippen molar-refractivity contribution in [3.8, 4) is 17.1 Å². The highest BCUT2D eigenvalue weighted by molar-refractivity contribution is 5.69. The number of aryl methyl sites for hydroxylation is 2. The maximum atomic E-state index is 5.30. The molecule has 1 aliphatic rings. The van der Waals surface area contributed by atoms with E-state index in [1.54, 1.807) is 0 Å². The molecule has 0 bridgehead atoms. The Morgan fingerprint density at radius 3 is 2.92 bits per heavy atom. The third kappa shape index (κ3) is 2.20. The Balaban J connectivity index is 1.65. The molecule has 0 atom stereocenters. The summed E-state index contributed by atoms with van der Waals surface area (Å²) in [6, 6.07) is 10.1. The fourth-order valence-corrected chi connectivity index (χ4v) is 3.30. The van der Waals surface area contributed by atoms with Gasteiger partial charge in [0.05, 0.1) is 42.1 Å². The molecule has 0 unspecified atom stereocenters. The van der Waals surface area contributed by atoms with Gasteiger partial charge in [0, 0.05) is 11.6 Å². The van der Waals surface area contributed by atoms with Gasteiger partial charge in [-0.3, -0.25) is 0 Å². The molecule has 7 heteroatoms. The van der Waals surface area contributed by atoms with E-state index in [2.05, 4.69) is 26.8 Å². The minimum absolute atomic E-state index is 0.529. The second-order valence-electron chi connectivity index (χ2n) is 6.28. The number of rotatable bonds is 2. The number of benzene rings is 1. The number of hydrogen-bond donors (Lipinski definition) is 0. The molecule has 0 N–H and O–H groups in total. The average molecular weight is 332 g/mol. The summed E-state index contributed by atoms with van der Waals surface area (Å²) < 4.78 is 9.38. The molecule has 0 radical (unpaired) electrons. The van der Waals surface area contributed by atoms with Gasteiger partial charge < -0.3 is 9.09 Å². The molecular formula is C18H16N6O. The van der Waals surface area contributed by atoms with Crippen molar-refractivity contribution in [2.45, 2.75) is 26.8 Å². The van der Waals surface area contributed by atoms with Gasteiger partial charge in [0.15, 0.2) is 11.6 Å². The van der Waals surface area contributed by atoms with E-state index >= 15 is 0 Å². The van der Waals surface area contributed by atoms with Crippen LogP contribution >= 0.6 is 0 Å². The minimum atomic E-state index is 0.529. The fraction of sp³-hybridized carbons (Fsp3) is 0.222. The number of aromatic nitrogens is 6. The monoisotopic (exact) mass is 332 g/mol. The highest BCUT2D eigenvalue weighted by atomic mass is 16.5. The summed E-state index contributed by atoms with van der Waals surface area (Å²) in [6.45, 7) is 4.57. The Hall–Kier alpha value is -3.22. The van der Waals surface area contributed by atoms with Crippen LogP contribution < -0.4 is 0 Å². The molecule has 4 heterocycles. The van der Waals surface area contributed by atoms with Crippen LogP contribution in [0.25, 0.3) is 17.1 Å². The molecule has 5 rings (SSSR count). The van der Waals surface area contributed by atoms with E-state index in [4.69, 9.17) is 14.6 Å². The van der Waals surface area contributed by atoms with Gasteiger partial charge in [0.2, 0.25) is 0 Å². The second-order valence-corrected chi connectivity index (χ2v) is 6.28. The molecule has 124 valence electrons. The zero-order chi connectivity index (χ0) is 17.0. The van der Waals surface area contributed by atoms with E-state index in [-0.39, 0.29) is 0 Å². The van der Waals surface area contributed by atoms with Gasteiger partial charge in [-0.25, -0.2) is 14.6 Å². The molecule has 4 aromatic rings. The molecule has 0 aliphatic carbocycles. The summed E-state index contributed by atoms with van der Waals surface area (Å²) in [6.07, 6.45) is 2.40. The van der Waals surface area contributed by atoms with Gasteiger partial charge in [-0.2, -0.15) is 5.10 Å². The predicted molar refractivity (Wildman–Crippen MR) is 90.5 cm³/mol. The Kier molecular flexibility index (Phi) is 2.91. The molecule has 0 fully saturated rings. The highest BCUT2D eigenvalue weighted by Crippen LogP contribution is 2.31. The van der Waals surface area contributed by atoms with E-state index in [0.717, 1.165) is 45.7 Å². The molecule has 7 nitrogen and oxygen atoms in total. The van der Waals surface area contributed by atoms with E-state index in [1.165, 1.54) is 0 Å². The van der Waals surface area contributed by atoms with Crippen molar-refractivity contribution in [3.63, 3.8) is 0 Å². The van der Waals surface area contributed by atoms with Crippen LogP contribution in [0.4, 0.5) is 0 Å². The van der Waals surface area contributed by atoms with Gasteiger partial charge >= 0.3 is 0 Å². The highest BCUT2D eigenvalue weighted by Gasteiger charge is 2.23. The van der Waals surface area contributed by atoms with Gasteiger partial charge in [-0.05, 0) is 26.0 Å². The zero-order valence-electron chi connectivity index (χ0n) is 14.0. The van der Waals surface area contributed by atoms with Crippen molar-refractivity contribution in [1.82, 2.24) is 29.5 Å². The van der Waals surface area contributed by atoms with Crippen LogP contribution in [-0.4, -0.2) is 29.5 Å². The maximum Gasteiger partial charge on any atom is 0.160 e. The van der Waals surface area contributed by atoms with Gasteiger partial charge in [-0.15, -0.1) is 0 Å². The van der Waals surface area contributed by atoms with Gasteiger partial charge in [-0.1, -0.05) is 17.3 Å². The second kappa shape index (κ2) is 5.14. The van der Waals surface area contributed by atoms with Crippen molar-refractivity contribution in [2.75, 3.05) is 0 Å². The lowest BCUT2D eigenvalue weighted by Gasteiger charge is -2.07. The SMILES string of the molecule is Cc1cc(Cc2nc3n(n2)Cc2c(C)ncn2-c2ccccc2-3)on1. The summed E-state index contributed by atoms with van der Waals surface area (Å²) >= 11 is 0. The van der Waals surface area contributed by atoms with Crippen molar-refractivity contribution in [1.29, 1.82) is 0 Å². The normalized spacial score (nSPS) is 12.4. The molecule has 0 saturated heterocycles. The molecule has 0 amide bonds. The first-order chi connectivity index (χ1) is 12.2. The van der Waals surface area contributed by atoms with Crippen molar-refractivity contribution in [3.05, 3.63) is 65.3 Å². The summed E-state index contributed by atoms with van der Waals surface area (Å²) in [5, 5.41) is 8.64.